The maximum Gasteiger partial charge on any atom is 0.224 e. The highest BCUT2D eigenvalue weighted by molar-refractivity contribution is 5.99. The maximum atomic E-state index is 11.5. The van der Waals surface area contributed by atoms with Crippen LogP contribution < -0.4 is 11.1 Å². The van der Waals surface area contributed by atoms with Gasteiger partial charge < -0.3 is 16.3 Å². The van der Waals surface area contributed by atoms with E-state index >= 15 is 0 Å². The van der Waals surface area contributed by atoms with Crippen molar-refractivity contribution in [3.63, 3.8) is 0 Å². The topological polar surface area (TPSA) is 87.7 Å². The number of amidine groups is 1. The first-order valence-corrected chi connectivity index (χ1v) is 5.55. The van der Waals surface area contributed by atoms with Crippen molar-refractivity contribution in [1.82, 2.24) is 0 Å². The Morgan fingerprint density at radius 1 is 1.53 bits per heavy atom. The summed E-state index contributed by atoms with van der Waals surface area (Å²) in [5.41, 5.74) is 6.68. The van der Waals surface area contributed by atoms with Crippen molar-refractivity contribution in [2.45, 2.75) is 26.2 Å². The minimum atomic E-state index is -0.0245. The molecule has 4 N–H and O–H groups in total. The summed E-state index contributed by atoms with van der Waals surface area (Å²) in [4.78, 5) is 11.5. The van der Waals surface area contributed by atoms with Crippen LogP contribution >= 0.6 is 0 Å². The fourth-order valence-electron chi connectivity index (χ4n) is 1.37. The predicted octanol–water partition coefficient (Wildman–Crippen LogP) is 1.91. The summed E-state index contributed by atoms with van der Waals surface area (Å²) in [5, 5.41) is 14.2. The number of hydrogen-bond acceptors (Lipinski definition) is 3. The van der Waals surface area contributed by atoms with Crippen molar-refractivity contribution < 1.29 is 10.0 Å². The van der Waals surface area contributed by atoms with Gasteiger partial charge in [-0.2, -0.15) is 0 Å². The summed E-state index contributed by atoms with van der Waals surface area (Å²) >= 11 is 0. The van der Waals surface area contributed by atoms with Crippen LogP contribution in [0.3, 0.4) is 0 Å². The highest BCUT2D eigenvalue weighted by atomic mass is 16.4. The molecule has 1 aromatic carbocycles. The molecule has 17 heavy (non-hydrogen) atoms. The molecule has 0 aromatic heterocycles. The van der Waals surface area contributed by atoms with Crippen LogP contribution in [0.2, 0.25) is 0 Å². The molecule has 0 radical (unpaired) electrons. The lowest BCUT2D eigenvalue weighted by Gasteiger charge is -2.06. The summed E-state index contributed by atoms with van der Waals surface area (Å²) in [5.74, 6) is -0.00170. The third-order valence-corrected chi connectivity index (χ3v) is 2.31. The molecule has 0 aliphatic heterocycles. The number of nitrogens with one attached hydrogen (secondary N) is 1. The van der Waals surface area contributed by atoms with Crippen LogP contribution in [-0.2, 0) is 4.79 Å². The molecule has 0 fully saturated rings. The van der Waals surface area contributed by atoms with E-state index in [1.165, 1.54) is 0 Å². The van der Waals surface area contributed by atoms with Crippen LogP contribution in [-0.4, -0.2) is 17.0 Å². The van der Waals surface area contributed by atoms with Crippen molar-refractivity contribution in [3.8, 4) is 0 Å². The van der Waals surface area contributed by atoms with Crippen LogP contribution in [0.1, 0.15) is 31.7 Å². The van der Waals surface area contributed by atoms with E-state index in [0.717, 1.165) is 12.8 Å². The van der Waals surface area contributed by atoms with E-state index < -0.39 is 0 Å². The summed E-state index contributed by atoms with van der Waals surface area (Å²) in [6.45, 7) is 2.03. The lowest BCUT2D eigenvalue weighted by molar-refractivity contribution is -0.116. The Hall–Kier alpha value is -2.04. The van der Waals surface area contributed by atoms with Gasteiger partial charge in [0.25, 0.3) is 0 Å². The Labute approximate surface area is 100 Å². The second kappa shape index (κ2) is 6.52. The van der Waals surface area contributed by atoms with Gasteiger partial charge in [0, 0.05) is 17.7 Å². The predicted molar refractivity (Wildman–Crippen MR) is 67.1 cm³/mol. The van der Waals surface area contributed by atoms with Crippen LogP contribution in [0.4, 0.5) is 5.69 Å². The number of amides is 1. The van der Waals surface area contributed by atoms with Gasteiger partial charge in [0.05, 0.1) is 0 Å². The first-order chi connectivity index (χ1) is 8.17. The molecule has 0 atom stereocenters. The van der Waals surface area contributed by atoms with E-state index in [4.69, 9.17) is 10.9 Å². The van der Waals surface area contributed by atoms with Gasteiger partial charge in [-0.25, -0.2) is 0 Å². The number of carbonyl (C=O) groups excluding carboxylic acids is 1. The molecule has 0 saturated heterocycles. The first kappa shape index (κ1) is 13.0. The van der Waals surface area contributed by atoms with Crippen molar-refractivity contribution in [1.29, 1.82) is 0 Å². The lowest BCUT2D eigenvalue weighted by atomic mass is 10.2. The third kappa shape index (κ3) is 4.14. The Balaban J connectivity index is 2.69. The molecule has 0 bridgehead atoms. The number of hydrogen-bond donors (Lipinski definition) is 3. The molecule has 1 rings (SSSR count). The molecular weight excluding hydrogens is 218 g/mol. The molecule has 92 valence electrons. The molecule has 0 spiro atoms. The third-order valence-electron chi connectivity index (χ3n) is 2.31. The van der Waals surface area contributed by atoms with Crippen molar-refractivity contribution >= 4 is 17.4 Å². The quantitative estimate of drug-likeness (QED) is 0.315. The molecule has 1 amide bonds. The SMILES string of the molecule is CCCCC(=O)Nc1cccc(/C(N)=N/O)c1. The first-order valence-electron chi connectivity index (χ1n) is 5.55. The number of rotatable bonds is 5. The molecule has 0 saturated carbocycles. The largest absolute Gasteiger partial charge is 0.409 e. The molecule has 1 aromatic rings. The smallest absolute Gasteiger partial charge is 0.224 e. The molecule has 0 heterocycles. The van der Waals surface area contributed by atoms with Gasteiger partial charge in [-0.05, 0) is 18.6 Å². The van der Waals surface area contributed by atoms with Gasteiger partial charge in [-0.15, -0.1) is 0 Å². The van der Waals surface area contributed by atoms with Crippen molar-refractivity contribution in [2.75, 3.05) is 5.32 Å². The second-order valence-electron chi connectivity index (χ2n) is 3.72. The fourth-order valence-corrected chi connectivity index (χ4v) is 1.37. The van der Waals surface area contributed by atoms with Crippen molar-refractivity contribution in [3.05, 3.63) is 29.8 Å². The minimum Gasteiger partial charge on any atom is -0.409 e. The van der Waals surface area contributed by atoms with E-state index in [9.17, 15) is 4.79 Å². The summed E-state index contributed by atoms with van der Waals surface area (Å²) in [6, 6.07) is 6.87. The molecule has 0 aliphatic carbocycles. The number of carbonyl (C=O) groups is 1. The molecule has 5 nitrogen and oxygen atoms in total. The zero-order chi connectivity index (χ0) is 12.7. The Morgan fingerprint density at radius 2 is 2.29 bits per heavy atom. The number of anilines is 1. The van der Waals surface area contributed by atoms with E-state index in [0.29, 0.717) is 17.7 Å². The number of benzene rings is 1. The number of nitrogens with zero attached hydrogens (tertiary/aromatic N) is 1. The number of unbranched alkanes of at least 4 members (excludes halogenated alkanes) is 1. The van der Waals surface area contributed by atoms with Crippen LogP contribution in [0.5, 0.6) is 0 Å². The minimum absolute atomic E-state index is 0.0228. The van der Waals surface area contributed by atoms with Gasteiger partial charge in [-0.1, -0.05) is 30.6 Å². The summed E-state index contributed by atoms with van der Waals surface area (Å²) < 4.78 is 0. The summed E-state index contributed by atoms with van der Waals surface area (Å²) in [7, 11) is 0. The molecule has 5 heteroatoms. The molecule has 0 aliphatic rings. The van der Waals surface area contributed by atoms with E-state index in [1.54, 1.807) is 24.3 Å². The molecular formula is C12H17N3O2. The monoisotopic (exact) mass is 235 g/mol. The van der Waals surface area contributed by atoms with Gasteiger partial charge >= 0.3 is 0 Å². The second-order valence-corrected chi connectivity index (χ2v) is 3.72. The highest BCUT2D eigenvalue weighted by Gasteiger charge is 2.04. The van der Waals surface area contributed by atoms with Gasteiger partial charge in [-0.3, -0.25) is 4.79 Å². The van der Waals surface area contributed by atoms with E-state index in [-0.39, 0.29) is 11.7 Å². The highest BCUT2D eigenvalue weighted by Crippen LogP contribution is 2.11. The van der Waals surface area contributed by atoms with Crippen LogP contribution in [0, 0.1) is 0 Å². The Bertz CT molecular complexity index is 416. The van der Waals surface area contributed by atoms with E-state index in [2.05, 4.69) is 10.5 Å². The average molecular weight is 235 g/mol. The standard InChI is InChI=1S/C12H17N3O2/c1-2-3-7-11(16)14-10-6-4-5-9(8-10)12(13)15-17/h4-6,8,17H,2-3,7H2,1H3,(H2,13,15)(H,14,16). The van der Waals surface area contributed by atoms with Crippen molar-refractivity contribution in [2.24, 2.45) is 10.9 Å². The number of nitrogens with two attached hydrogens (primary N) is 1. The summed E-state index contributed by atoms with van der Waals surface area (Å²) in [6.07, 6.45) is 2.35. The molecule has 0 unspecified atom stereocenters. The van der Waals surface area contributed by atoms with Gasteiger partial charge in [0.2, 0.25) is 5.91 Å². The van der Waals surface area contributed by atoms with E-state index in [1.807, 2.05) is 6.92 Å². The lowest BCUT2D eigenvalue weighted by Crippen LogP contribution is -2.15. The zero-order valence-electron chi connectivity index (χ0n) is 9.81. The van der Waals surface area contributed by atoms with Crippen LogP contribution in [0.15, 0.2) is 29.4 Å². The Kier molecular flexibility index (Phi) is 5.00. The van der Waals surface area contributed by atoms with Gasteiger partial charge in [0.1, 0.15) is 0 Å². The number of oxime groups is 1. The maximum absolute atomic E-state index is 11.5. The average Bonchev–Trinajstić information content (AvgIpc) is 2.35. The Morgan fingerprint density at radius 3 is 2.94 bits per heavy atom. The fraction of sp³-hybridized carbons (Fsp3) is 0.333. The van der Waals surface area contributed by atoms with Crippen LogP contribution in [0.25, 0.3) is 0 Å². The normalized spacial score (nSPS) is 11.2. The van der Waals surface area contributed by atoms with Gasteiger partial charge in [0.15, 0.2) is 5.84 Å². The zero-order valence-corrected chi connectivity index (χ0v) is 9.81.